The molecule has 9 heavy (non-hydrogen) atoms. The van der Waals surface area contributed by atoms with Gasteiger partial charge >= 0.3 is 56.9 Å². The topological polar surface area (TPSA) is 17.1 Å². The monoisotopic (exact) mass is 204 g/mol. The zero-order chi connectivity index (χ0) is 7.65. The maximum atomic E-state index is 12.1. The van der Waals surface area contributed by atoms with Crippen LogP contribution < -0.4 is 0 Å². The molecule has 0 fully saturated rings. The molecule has 0 spiro atoms. The van der Waals surface area contributed by atoms with Crippen molar-refractivity contribution in [1.82, 2.24) is 0 Å². The molecule has 1 unspecified atom stereocenters. The Kier molecular flexibility index (Phi) is 2.90. The van der Waals surface area contributed by atoms with Gasteiger partial charge in [-0.15, -0.1) is 0 Å². The van der Waals surface area contributed by atoms with Gasteiger partial charge in [-0.3, -0.25) is 0 Å². The van der Waals surface area contributed by atoms with Gasteiger partial charge in [0.05, 0.1) is 0 Å². The van der Waals surface area contributed by atoms with E-state index in [2.05, 4.69) is 0 Å². The average molecular weight is 203 g/mol. The van der Waals surface area contributed by atoms with Crippen molar-refractivity contribution in [1.29, 1.82) is 0 Å². The van der Waals surface area contributed by atoms with E-state index in [9.17, 15) is 12.6 Å². The SMILES string of the molecule is CC(C)[Se](=O)C(C)(F)F. The van der Waals surface area contributed by atoms with Crippen molar-refractivity contribution in [2.45, 2.75) is 30.4 Å². The van der Waals surface area contributed by atoms with Gasteiger partial charge in [0, 0.05) is 0 Å². The molecule has 0 aromatic carbocycles. The molecule has 0 amide bonds. The van der Waals surface area contributed by atoms with Crippen LogP contribution in [0.15, 0.2) is 0 Å². The van der Waals surface area contributed by atoms with Crippen LogP contribution >= 0.6 is 0 Å². The van der Waals surface area contributed by atoms with Crippen molar-refractivity contribution >= 4 is 13.8 Å². The summed E-state index contributed by atoms with van der Waals surface area (Å²) < 4.78 is 34.8. The fourth-order valence-corrected chi connectivity index (χ4v) is 2.15. The second-order valence-electron chi connectivity index (χ2n) is 2.15. The van der Waals surface area contributed by atoms with E-state index in [0.29, 0.717) is 6.92 Å². The standard InChI is InChI=1S/C5H10F2OSe/c1-4(2)9(8)5(3,6)7/h4H,1-3H3. The van der Waals surface area contributed by atoms with E-state index in [4.69, 9.17) is 0 Å². The van der Waals surface area contributed by atoms with Crippen LogP contribution in [0.5, 0.6) is 0 Å². The van der Waals surface area contributed by atoms with Gasteiger partial charge in [-0.1, -0.05) is 0 Å². The number of hydrogen-bond donors (Lipinski definition) is 0. The third kappa shape index (κ3) is 3.01. The van der Waals surface area contributed by atoms with Gasteiger partial charge < -0.3 is 0 Å². The molecule has 0 aliphatic rings. The Balaban J connectivity index is 4.06. The number of rotatable bonds is 2. The Bertz CT molecular complexity index is 117. The van der Waals surface area contributed by atoms with E-state index in [1.807, 2.05) is 0 Å². The van der Waals surface area contributed by atoms with E-state index in [1.54, 1.807) is 13.8 Å². The first-order valence-electron chi connectivity index (χ1n) is 2.64. The first-order valence-corrected chi connectivity index (χ1v) is 5.18. The first kappa shape index (κ1) is 9.18. The Morgan fingerprint density at radius 3 is 1.78 bits per heavy atom. The minimum atomic E-state index is -2.95. The molecule has 0 saturated heterocycles. The van der Waals surface area contributed by atoms with Crippen LogP contribution in [-0.4, -0.2) is 18.7 Å². The molecular weight excluding hydrogens is 193 g/mol. The van der Waals surface area contributed by atoms with Crippen LogP contribution in [0.2, 0.25) is 4.82 Å². The molecule has 0 aromatic rings. The molecule has 4 heteroatoms. The van der Waals surface area contributed by atoms with Crippen LogP contribution in [0, 0.1) is 0 Å². The fraction of sp³-hybridized carbons (Fsp3) is 1.00. The van der Waals surface area contributed by atoms with Crippen molar-refractivity contribution in [3.63, 3.8) is 0 Å². The van der Waals surface area contributed by atoms with Crippen LogP contribution in [-0.2, 0) is 3.83 Å². The Morgan fingerprint density at radius 1 is 1.44 bits per heavy atom. The Morgan fingerprint density at radius 2 is 1.78 bits per heavy atom. The summed E-state index contributed by atoms with van der Waals surface area (Å²) in [6.07, 6.45) is 0. The summed E-state index contributed by atoms with van der Waals surface area (Å²) in [5.74, 6) is 0. The van der Waals surface area contributed by atoms with E-state index >= 15 is 0 Å². The van der Waals surface area contributed by atoms with Crippen LogP contribution in [0.1, 0.15) is 20.8 Å². The third-order valence-corrected chi connectivity index (χ3v) is 4.06. The third-order valence-electron chi connectivity index (χ3n) is 0.781. The molecule has 0 saturated carbocycles. The molecule has 0 N–H and O–H groups in total. The van der Waals surface area contributed by atoms with Crippen molar-refractivity contribution < 1.29 is 12.6 Å². The second kappa shape index (κ2) is 2.84. The van der Waals surface area contributed by atoms with Crippen LogP contribution in [0.3, 0.4) is 0 Å². The van der Waals surface area contributed by atoms with Crippen LogP contribution in [0.4, 0.5) is 8.78 Å². The molecule has 0 bridgehead atoms. The number of alkyl halides is 2. The molecule has 1 nitrogen and oxygen atoms in total. The summed E-state index contributed by atoms with van der Waals surface area (Å²) >= 11 is -2.92. The van der Waals surface area contributed by atoms with Crippen molar-refractivity contribution in [3.8, 4) is 0 Å². The summed E-state index contributed by atoms with van der Waals surface area (Å²) in [6, 6.07) is 0. The molecule has 0 rings (SSSR count). The fourth-order valence-electron chi connectivity index (χ4n) is 0.414. The summed E-state index contributed by atoms with van der Waals surface area (Å²) in [6.45, 7) is 3.81. The van der Waals surface area contributed by atoms with E-state index < -0.39 is 18.7 Å². The minimum absolute atomic E-state index is 0.370. The van der Waals surface area contributed by atoms with Gasteiger partial charge in [-0.05, 0) is 0 Å². The zero-order valence-corrected chi connectivity index (χ0v) is 7.36. The molecule has 0 aliphatic heterocycles. The molecule has 0 aliphatic carbocycles. The van der Waals surface area contributed by atoms with Crippen LogP contribution in [0.25, 0.3) is 0 Å². The summed E-state index contributed by atoms with van der Waals surface area (Å²) in [5, 5.41) is 0. The first-order chi connectivity index (χ1) is 3.85. The average Bonchev–Trinajstić information content (AvgIpc) is 1.62. The Labute approximate surface area is 57.5 Å². The van der Waals surface area contributed by atoms with Gasteiger partial charge in [-0.25, -0.2) is 0 Å². The quantitative estimate of drug-likeness (QED) is 0.627. The van der Waals surface area contributed by atoms with Gasteiger partial charge in [-0.2, -0.15) is 0 Å². The predicted molar refractivity (Wildman–Crippen MR) is 32.2 cm³/mol. The number of hydrogen-bond acceptors (Lipinski definition) is 1. The van der Waals surface area contributed by atoms with Gasteiger partial charge in [0.1, 0.15) is 0 Å². The molecule has 0 radical (unpaired) electrons. The van der Waals surface area contributed by atoms with Gasteiger partial charge in [0.25, 0.3) is 0 Å². The molecular formula is C5H10F2OSe. The normalized spacial score (nSPS) is 16.2. The maximum absolute atomic E-state index is 12.1. The molecule has 0 aromatic heterocycles. The predicted octanol–water partition coefficient (Wildman–Crippen LogP) is 2.01. The molecule has 1 atom stereocenters. The Hall–Kier alpha value is 0.179. The van der Waals surface area contributed by atoms with Crippen molar-refractivity contribution in [3.05, 3.63) is 0 Å². The summed E-state index contributed by atoms with van der Waals surface area (Å²) in [7, 11) is 0. The zero-order valence-electron chi connectivity index (χ0n) is 5.65. The van der Waals surface area contributed by atoms with Crippen molar-refractivity contribution in [2.75, 3.05) is 0 Å². The number of halogens is 2. The molecule has 0 heterocycles. The van der Waals surface area contributed by atoms with E-state index in [1.165, 1.54) is 0 Å². The van der Waals surface area contributed by atoms with E-state index in [-0.39, 0.29) is 4.82 Å². The van der Waals surface area contributed by atoms with E-state index in [0.717, 1.165) is 0 Å². The van der Waals surface area contributed by atoms with Gasteiger partial charge in [0.15, 0.2) is 0 Å². The van der Waals surface area contributed by atoms with Crippen molar-refractivity contribution in [2.24, 2.45) is 0 Å². The summed E-state index contributed by atoms with van der Waals surface area (Å²) in [5.41, 5.74) is 0. The molecule has 56 valence electrons. The second-order valence-corrected chi connectivity index (χ2v) is 6.88. The summed E-state index contributed by atoms with van der Waals surface area (Å²) in [4.78, 5) is -3.32. The van der Waals surface area contributed by atoms with Gasteiger partial charge in [0.2, 0.25) is 0 Å².